The molecule has 2 amide bonds. The lowest BCUT2D eigenvalue weighted by molar-refractivity contribution is -0.130. The summed E-state index contributed by atoms with van der Waals surface area (Å²) >= 11 is 0. The summed E-state index contributed by atoms with van der Waals surface area (Å²) in [5.74, 6) is 0.589. The van der Waals surface area contributed by atoms with Crippen molar-refractivity contribution in [2.75, 3.05) is 32.7 Å². The van der Waals surface area contributed by atoms with Gasteiger partial charge >= 0.3 is 0 Å². The van der Waals surface area contributed by atoms with Gasteiger partial charge in [0.25, 0.3) is 5.91 Å². The van der Waals surface area contributed by atoms with E-state index in [-0.39, 0.29) is 23.5 Å². The number of benzene rings is 2. The first-order valence-electron chi connectivity index (χ1n) is 12.2. The van der Waals surface area contributed by atoms with Gasteiger partial charge in [-0.25, -0.2) is 4.39 Å². The van der Waals surface area contributed by atoms with Crippen LogP contribution in [0.2, 0.25) is 0 Å². The molecule has 2 saturated heterocycles. The molecule has 0 radical (unpaired) electrons. The molecule has 2 heterocycles. The van der Waals surface area contributed by atoms with Crippen LogP contribution in [-0.4, -0.2) is 49.4 Å². The Morgan fingerprint density at radius 3 is 2.33 bits per heavy atom. The van der Waals surface area contributed by atoms with Crippen LogP contribution in [-0.2, 0) is 4.79 Å². The molecule has 1 saturated carbocycles. The zero-order valence-electron chi connectivity index (χ0n) is 19.0. The monoisotopic (exact) mass is 449 g/mol. The van der Waals surface area contributed by atoms with Crippen molar-refractivity contribution in [1.29, 1.82) is 0 Å². The summed E-state index contributed by atoms with van der Waals surface area (Å²) in [6.45, 7) is 3.60. The molecule has 174 valence electrons. The van der Waals surface area contributed by atoms with Gasteiger partial charge in [0, 0.05) is 31.1 Å². The summed E-state index contributed by atoms with van der Waals surface area (Å²) in [7, 11) is 0. The van der Waals surface area contributed by atoms with Gasteiger partial charge in [0.1, 0.15) is 5.82 Å². The molecule has 6 heteroatoms. The number of carbonyl (C=O) groups excluding carboxylic acids is 2. The number of likely N-dealkylation sites (tertiary alicyclic amines) is 1. The molecule has 1 aliphatic carbocycles. The quantitative estimate of drug-likeness (QED) is 0.705. The van der Waals surface area contributed by atoms with Crippen molar-refractivity contribution in [2.45, 2.75) is 43.9 Å². The van der Waals surface area contributed by atoms with Crippen LogP contribution in [0.15, 0.2) is 48.5 Å². The molecule has 3 aliphatic rings. The van der Waals surface area contributed by atoms with E-state index in [0.29, 0.717) is 24.6 Å². The van der Waals surface area contributed by atoms with Crippen molar-refractivity contribution >= 4 is 11.8 Å². The highest BCUT2D eigenvalue weighted by Crippen LogP contribution is 2.47. The van der Waals surface area contributed by atoms with E-state index in [4.69, 9.17) is 0 Å². The summed E-state index contributed by atoms with van der Waals surface area (Å²) in [4.78, 5) is 27.6. The third-order valence-corrected chi connectivity index (χ3v) is 8.07. The molecule has 1 atom stereocenters. The number of hydrogen-bond acceptors (Lipinski definition) is 3. The first-order valence-corrected chi connectivity index (χ1v) is 12.2. The van der Waals surface area contributed by atoms with Gasteiger partial charge in [0.15, 0.2) is 0 Å². The second-order valence-corrected chi connectivity index (χ2v) is 9.82. The van der Waals surface area contributed by atoms with Crippen molar-refractivity contribution in [3.05, 3.63) is 71.0 Å². The molecule has 33 heavy (non-hydrogen) atoms. The fraction of sp³-hybridized carbons (Fsp3) is 0.481. The van der Waals surface area contributed by atoms with Gasteiger partial charge in [-0.2, -0.15) is 0 Å². The Morgan fingerprint density at radius 2 is 1.70 bits per heavy atom. The lowest BCUT2D eigenvalue weighted by Gasteiger charge is -2.41. The predicted octanol–water partition coefficient (Wildman–Crippen LogP) is 3.82. The predicted molar refractivity (Wildman–Crippen MR) is 126 cm³/mol. The molecule has 3 fully saturated rings. The number of nitrogens with zero attached hydrogens (tertiary/aromatic N) is 1. The number of halogens is 1. The van der Waals surface area contributed by atoms with E-state index in [9.17, 15) is 14.0 Å². The fourth-order valence-electron chi connectivity index (χ4n) is 5.69. The van der Waals surface area contributed by atoms with E-state index < -0.39 is 5.41 Å². The first kappa shape index (κ1) is 22.1. The number of hydrogen-bond donors (Lipinski definition) is 2. The lowest BCUT2D eigenvalue weighted by Crippen LogP contribution is -2.47. The van der Waals surface area contributed by atoms with E-state index >= 15 is 0 Å². The molecule has 5 nitrogen and oxygen atoms in total. The molecular formula is C27H32FN3O2. The van der Waals surface area contributed by atoms with Crippen LogP contribution in [0.1, 0.15) is 65.4 Å². The van der Waals surface area contributed by atoms with Gasteiger partial charge in [-0.1, -0.05) is 30.7 Å². The Kier molecular flexibility index (Phi) is 6.19. The number of rotatable bonds is 6. The zero-order chi connectivity index (χ0) is 22.8. The van der Waals surface area contributed by atoms with Crippen molar-refractivity contribution in [3.8, 4) is 0 Å². The van der Waals surface area contributed by atoms with Crippen LogP contribution in [0.4, 0.5) is 4.39 Å². The van der Waals surface area contributed by atoms with Crippen LogP contribution in [0.3, 0.4) is 0 Å². The van der Waals surface area contributed by atoms with Crippen molar-refractivity contribution in [2.24, 2.45) is 5.41 Å². The molecule has 2 aromatic carbocycles. The topological polar surface area (TPSA) is 61.4 Å². The number of piperidine rings is 1. The molecule has 2 N–H and O–H groups in total. The van der Waals surface area contributed by atoms with Crippen LogP contribution in [0.5, 0.6) is 0 Å². The average molecular weight is 450 g/mol. The second-order valence-electron chi connectivity index (χ2n) is 9.82. The number of amides is 2. The number of nitrogens with one attached hydrogen (secondary N) is 2. The maximum absolute atomic E-state index is 13.4. The smallest absolute Gasteiger partial charge is 0.251 e. The molecule has 2 aliphatic heterocycles. The lowest BCUT2D eigenvalue weighted by atomic mass is 9.68. The van der Waals surface area contributed by atoms with Gasteiger partial charge in [-0.05, 0) is 80.1 Å². The maximum Gasteiger partial charge on any atom is 0.251 e. The highest BCUT2D eigenvalue weighted by molar-refractivity contribution is 5.94. The van der Waals surface area contributed by atoms with Crippen molar-refractivity contribution < 1.29 is 14.0 Å². The van der Waals surface area contributed by atoms with Gasteiger partial charge in [0.2, 0.25) is 5.91 Å². The minimum absolute atomic E-state index is 0.0322. The largest absolute Gasteiger partial charge is 0.355 e. The summed E-state index contributed by atoms with van der Waals surface area (Å²) < 4.78 is 13.4. The van der Waals surface area contributed by atoms with Crippen LogP contribution in [0.25, 0.3) is 0 Å². The third-order valence-electron chi connectivity index (χ3n) is 8.07. The third kappa shape index (κ3) is 4.41. The van der Waals surface area contributed by atoms with Gasteiger partial charge in [-0.3, -0.25) is 9.59 Å². The molecule has 0 bridgehead atoms. The van der Waals surface area contributed by atoms with E-state index in [1.165, 1.54) is 37.0 Å². The highest BCUT2D eigenvalue weighted by Gasteiger charge is 2.51. The molecule has 0 unspecified atom stereocenters. The molecule has 2 aromatic rings. The van der Waals surface area contributed by atoms with E-state index in [0.717, 1.165) is 38.0 Å². The average Bonchev–Trinajstić information content (AvgIpc) is 3.10. The summed E-state index contributed by atoms with van der Waals surface area (Å²) in [6, 6.07) is 14.6. The van der Waals surface area contributed by atoms with Crippen molar-refractivity contribution in [1.82, 2.24) is 15.5 Å². The fourth-order valence-corrected chi connectivity index (χ4v) is 5.69. The summed E-state index contributed by atoms with van der Waals surface area (Å²) in [5.41, 5.74) is 2.66. The molecule has 0 aromatic heterocycles. The summed E-state index contributed by atoms with van der Waals surface area (Å²) in [6.07, 6.45) is 5.38. The highest BCUT2D eigenvalue weighted by atomic mass is 19.1. The summed E-state index contributed by atoms with van der Waals surface area (Å²) in [5, 5.41) is 6.08. The van der Waals surface area contributed by atoms with Gasteiger partial charge in [0.05, 0.1) is 5.41 Å². The standard InChI is InChI=1S/C27H32FN3O2/c28-23-10-8-21(9-11-23)24-18-30-26(33)27(24)12-15-31(16-13-27)17-14-29-25(32)22-6-4-20(5-7-22)19-2-1-3-19/h4-11,19,24H,1-3,12-18H2,(H,29,32)(H,30,33)/t24-/m0/s1. The first-order chi connectivity index (χ1) is 16.0. The Labute approximate surface area is 194 Å². The molecule has 5 rings (SSSR count). The second kappa shape index (κ2) is 9.26. The minimum Gasteiger partial charge on any atom is -0.355 e. The maximum atomic E-state index is 13.4. The zero-order valence-corrected chi connectivity index (χ0v) is 19.0. The van der Waals surface area contributed by atoms with Gasteiger partial charge < -0.3 is 15.5 Å². The SMILES string of the molecule is O=C(NCCN1CCC2(CC1)C(=O)NC[C@H]2c1ccc(F)cc1)c1ccc(C2CCC2)cc1. The Balaban J connectivity index is 1.12. The van der Waals surface area contributed by atoms with Gasteiger partial charge in [-0.15, -0.1) is 0 Å². The van der Waals surface area contributed by atoms with E-state index in [1.807, 2.05) is 24.3 Å². The van der Waals surface area contributed by atoms with E-state index in [2.05, 4.69) is 27.7 Å². The Morgan fingerprint density at radius 1 is 1.03 bits per heavy atom. The van der Waals surface area contributed by atoms with E-state index in [1.54, 1.807) is 0 Å². The van der Waals surface area contributed by atoms with Crippen molar-refractivity contribution in [3.63, 3.8) is 0 Å². The Hall–Kier alpha value is -2.73. The molecular weight excluding hydrogens is 417 g/mol. The number of carbonyl (C=O) groups is 2. The van der Waals surface area contributed by atoms with Crippen LogP contribution in [0, 0.1) is 11.2 Å². The van der Waals surface area contributed by atoms with Crippen LogP contribution < -0.4 is 10.6 Å². The van der Waals surface area contributed by atoms with Crippen LogP contribution >= 0.6 is 0 Å². The molecule has 1 spiro atoms. The normalized spacial score (nSPS) is 22.7. The Bertz CT molecular complexity index is 993. The minimum atomic E-state index is -0.417.